The third-order valence-corrected chi connectivity index (χ3v) is 4.60. The zero-order valence-electron chi connectivity index (χ0n) is 14.8. The minimum absolute atomic E-state index is 0.00150. The highest BCUT2D eigenvalue weighted by Gasteiger charge is 2.49. The van der Waals surface area contributed by atoms with Crippen molar-refractivity contribution in [2.24, 2.45) is 5.41 Å². The molecule has 1 saturated heterocycles. The number of nitrogens with zero attached hydrogens (tertiary/aromatic N) is 3. The molecule has 0 N–H and O–H groups in total. The molecule has 0 bridgehead atoms. The summed E-state index contributed by atoms with van der Waals surface area (Å²) in [5.74, 6) is -0.153. The van der Waals surface area contributed by atoms with E-state index < -0.39 is 0 Å². The van der Waals surface area contributed by atoms with Crippen molar-refractivity contribution < 1.29 is 9.53 Å². The van der Waals surface area contributed by atoms with E-state index in [2.05, 4.69) is 18.9 Å². The Morgan fingerprint density at radius 3 is 2.60 bits per heavy atom. The van der Waals surface area contributed by atoms with E-state index >= 15 is 0 Å². The van der Waals surface area contributed by atoms with Gasteiger partial charge >= 0.3 is 0 Å². The van der Waals surface area contributed by atoms with Crippen LogP contribution in [0.5, 0.6) is 0 Å². The van der Waals surface area contributed by atoms with Crippen molar-refractivity contribution in [1.29, 1.82) is 0 Å². The summed E-state index contributed by atoms with van der Waals surface area (Å²) in [6, 6.07) is 12.9. The predicted octanol–water partition coefficient (Wildman–Crippen LogP) is 2.11. The minimum atomic E-state index is -0.239. The van der Waals surface area contributed by atoms with Crippen molar-refractivity contribution in [2.75, 3.05) is 20.3 Å². The van der Waals surface area contributed by atoms with Crippen LogP contribution in [-0.2, 0) is 11.3 Å². The molecule has 0 unspecified atom stereocenters. The number of carbonyl (C=O) groups excluding carboxylic acids is 1. The zero-order chi connectivity index (χ0) is 18.0. The summed E-state index contributed by atoms with van der Waals surface area (Å²) in [7, 11) is 1.56. The molecule has 132 valence electrons. The highest BCUT2D eigenvalue weighted by Crippen LogP contribution is 2.48. The van der Waals surface area contributed by atoms with E-state index in [0.717, 1.165) is 5.56 Å². The number of carbonyl (C=O) groups is 1. The van der Waals surface area contributed by atoms with Crippen LogP contribution in [-0.4, -0.2) is 40.8 Å². The topological polar surface area (TPSA) is 64.4 Å². The van der Waals surface area contributed by atoms with Gasteiger partial charge < -0.3 is 9.64 Å². The number of benzene rings is 1. The third kappa shape index (κ3) is 3.35. The smallest absolute Gasteiger partial charge is 0.274 e. The number of aromatic nitrogens is 2. The van der Waals surface area contributed by atoms with Gasteiger partial charge in [-0.2, -0.15) is 5.10 Å². The van der Waals surface area contributed by atoms with Crippen LogP contribution in [0, 0.1) is 5.41 Å². The van der Waals surface area contributed by atoms with Crippen molar-refractivity contribution in [3.63, 3.8) is 0 Å². The molecule has 1 aliphatic heterocycles. The summed E-state index contributed by atoms with van der Waals surface area (Å²) in [5, 5.41) is 4.22. The van der Waals surface area contributed by atoms with E-state index in [1.54, 1.807) is 7.11 Å². The molecule has 0 saturated carbocycles. The molecule has 2 aromatic rings. The lowest BCUT2D eigenvalue weighted by atomic mass is 9.71. The minimum Gasteiger partial charge on any atom is -0.383 e. The first-order chi connectivity index (χ1) is 11.9. The van der Waals surface area contributed by atoms with Crippen molar-refractivity contribution in [1.82, 2.24) is 14.7 Å². The fourth-order valence-corrected chi connectivity index (χ4v) is 3.43. The summed E-state index contributed by atoms with van der Waals surface area (Å²) in [4.78, 5) is 26.6. The lowest BCUT2D eigenvalue weighted by Gasteiger charge is -2.54. The molecule has 1 aliphatic rings. The van der Waals surface area contributed by atoms with Crippen LogP contribution < -0.4 is 5.56 Å². The third-order valence-electron chi connectivity index (χ3n) is 4.60. The molecule has 3 rings (SSSR count). The van der Waals surface area contributed by atoms with E-state index in [0.29, 0.717) is 19.7 Å². The zero-order valence-corrected chi connectivity index (χ0v) is 14.8. The van der Waals surface area contributed by atoms with Gasteiger partial charge in [-0.05, 0) is 11.6 Å². The van der Waals surface area contributed by atoms with Crippen LogP contribution in [0.4, 0.5) is 0 Å². The monoisotopic (exact) mass is 341 g/mol. The molecule has 0 radical (unpaired) electrons. The van der Waals surface area contributed by atoms with Crippen LogP contribution in [0.3, 0.4) is 0 Å². The maximum Gasteiger partial charge on any atom is 0.274 e. The van der Waals surface area contributed by atoms with Crippen molar-refractivity contribution >= 4 is 5.91 Å². The first-order valence-corrected chi connectivity index (χ1v) is 8.37. The van der Waals surface area contributed by atoms with Gasteiger partial charge in [-0.1, -0.05) is 44.2 Å². The number of rotatable bonds is 5. The van der Waals surface area contributed by atoms with Gasteiger partial charge in [0.2, 0.25) is 0 Å². The van der Waals surface area contributed by atoms with E-state index in [-0.39, 0.29) is 28.6 Å². The summed E-state index contributed by atoms with van der Waals surface area (Å²) in [6.07, 6.45) is 0. The summed E-state index contributed by atoms with van der Waals surface area (Å²) in [6.45, 7) is 5.66. The van der Waals surface area contributed by atoms with Crippen molar-refractivity contribution in [3.8, 4) is 0 Å². The Hall–Kier alpha value is -2.47. The Balaban J connectivity index is 1.87. The van der Waals surface area contributed by atoms with Gasteiger partial charge in [0, 0.05) is 25.1 Å². The fourth-order valence-electron chi connectivity index (χ4n) is 3.43. The van der Waals surface area contributed by atoms with Gasteiger partial charge in [-0.25, -0.2) is 4.68 Å². The molecule has 6 nitrogen and oxygen atoms in total. The Bertz CT molecular complexity index is 814. The second kappa shape index (κ2) is 6.80. The number of hydrogen-bond donors (Lipinski definition) is 0. The van der Waals surface area contributed by atoms with Crippen molar-refractivity contribution in [3.05, 3.63) is 64.1 Å². The molecular formula is C19H23N3O3. The molecule has 1 aromatic heterocycles. The van der Waals surface area contributed by atoms with E-state index in [9.17, 15) is 9.59 Å². The van der Waals surface area contributed by atoms with Crippen LogP contribution >= 0.6 is 0 Å². The van der Waals surface area contributed by atoms with E-state index in [1.165, 1.54) is 16.8 Å². The molecule has 25 heavy (non-hydrogen) atoms. The molecule has 2 heterocycles. The number of likely N-dealkylation sites (tertiary alicyclic amines) is 1. The predicted molar refractivity (Wildman–Crippen MR) is 94.4 cm³/mol. The number of amides is 1. The first kappa shape index (κ1) is 17.4. The maximum absolute atomic E-state index is 13.0. The van der Waals surface area contributed by atoms with Crippen LogP contribution in [0.25, 0.3) is 0 Å². The van der Waals surface area contributed by atoms with Gasteiger partial charge in [0.15, 0.2) is 0 Å². The van der Waals surface area contributed by atoms with Crippen LogP contribution in [0.1, 0.15) is 35.9 Å². The normalized spacial score (nSPS) is 18.7. The molecule has 0 spiro atoms. The number of hydrogen-bond acceptors (Lipinski definition) is 4. The average Bonchev–Trinajstić information content (AvgIpc) is 2.59. The highest BCUT2D eigenvalue weighted by molar-refractivity contribution is 5.93. The summed E-state index contributed by atoms with van der Waals surface area (Å²) >= 11 is 0. The Kier molecular flexibility index (Phi) is 4.72. The highest BCUT2D eigenvalue weighted by atomic mass is 16.5. The lowest BCUT2D eigenvalue weighted by molar-refractivity contribution is -0.0328. The molecule has 0 aliphatic carbocycles. The lowest BCUT2D eigenvalue weighted by Crippen LogP contribution is -2.58. The number of ether oxygens (including phenoxy) is 1. The SMILES string of the molecule is COCCn1nc(C(=O)N2CC(C)(C)[C@H]2c2ccccc2)ccc1=O. The second-order valence-electron chi connectivity index (χ2n) is 7.01. The van der Waals surface area contributed by atoms with Gasteiger partial charge in [0.05, 0.1) is 19.2 Å². The maximum atomic E-state index is 13.0. The molecule has 6 heteroatoms. The van der Waals surface area contributed by atoms with E-state index in [1.807, 2.05) is 35.2 Å². The molecule has 1 amide bonds. The largest absolute Gasteiger partial charge is 0.383 e. The van der Waals surface area contributed by atoms with Gasteiger partial charge in [-0.3, -0.25) is 9.59 Å². The summed E-state index contributed by atoms with van der Waals surface area (Å²) < 4.78 is 6.26. The van der Waals surface area contributed by atoms with Crippen LogP contribution in [0.2, 0.25) is 0 Å². The quantitative estimate of drug-likeness (QED) is 0.835. The molecule has 1 atom stereocenters. The van der Waals surface area contributed by atoms with E-state index in [4.69, 9.17) is 4.74 Å². The molecular weight excluding hydrogens is 318 g/mol. The summed E-state index contributed by atoms with van der Waals surface area (Å²) in [5.41, 5.74) is 1.16. The molecule has 1 aromatic carbocycles. The Morgan fingerprint density at radius 1 is 1.24 bits per heavy atom. The average molecular weight is 341 g/mol. The standard InChI is InChI=1S/C19H23N3O3/c1-19(2)13-21(17(19)14-7-5-4-6-8-14)18(24)15-9-10-16(23)22(20-15)11-12-25-3/h4-10,17H,11-13H2,1-3H3/t17-/m1/s1. The van der Waals surface area contributed by atoms with Crippen LogP contribution in [0.15, 0.2) is 47.3 Å². The second-order valence-corrected chi connectivity index (χ2v) is 7.01. The Labute approximate surface area is 147 Å². The van der Waals surface area contributed by atoms with Gasteiger partial charge in [-0.15, -0.1) is 0 Å². The number of methoxy groups -OCH3 is 1. The van der Waals surface area contributed by atoms with Crippen molar-refractivity contribution in [2.45, 2.75) is 26.4 Å². The Morgan fingerprint density at radius 2 is 1.96 bits per heavy atom. The first-order valence-electron chi connectivity index (χ1n) is 8.37. The van der Waals surface area contributed by atoms with Gasteiger partial charge in [0.25, 0.3) is 11.5 Å². The van der Waals surface area contributed by atoms with Gasteiger partial charge in [0.1, 0.15) is 5.69 Å². The molecule has 1 fully saturated rings. The fraction of sp³-hybridized carbons (Fsp3) is 0.421.